The number of carbonyl (C=O) groups is 2. The van der Waals surface area contributed by atoms with Crippen LogP contribution in [0.4, 0.5) is 10.1 Å². The van der Waals surface area contributed by atoms with Gasteiger partial charge in [0.2, 0.25) is 0 Å². The zero-order chi connectivity index (χ0) is 24.4. The molecule has 1 atom stereocenters. The molecule has 1 fully saturated rings. The maximum atomic E-state index is 13.4. The smallest absolute Gasteiger partial charge is 0.253 e. The normalized spacial score (nSPS) is 17.7. The lowest BCUT2D eigenvalue weighted by molar-refractivity contribution is 0.0709. The van der Waals surface area contributed by atoms with E-state index in [1.54, 1.807) is 12.4 Å². The third-order valence-electron chi connectivity index (χ3n) is 7.24. The highest BCUT2D eigenvalue weighted by Crippen LogP contribution is 2.33. The van der Waals surface area contributed by atoms with Crippen LogP contribution in [0.25, 0.3) is 0 Å². The lowest BCUT2D eigenvalue weighted by atomic mass is 10.00. The Morgan fingerprint density at radius 2 is 1.66 bits per heavy atom. The van der Waals surface area contributed by atoms with Crippen molar-refractivity contribution in [3.63, 3.8) is 0 Å². The molecular formula is C28H29FN4O2. The quantitative estimate of drug-likeness (QED) is 0.599. The molecule has 180 valence electrons. The molecule has 2 aliphatic rings. The first kappa shape index (κ1) is 23.0. The predicted octanol–water partition coefficient (Wildman–Crippen LogP) is 4.38. The summed E-state index contributed by atoms with van der Waals surface area (Å²) >= 11 is 0. The summed E-state index contributed by atoms with van der Waals surface area (Å²) in [5.74, 6) is -0.605. The Kier molecular flexibility index (Phi) is 6.49. The van der Waals surface area contributed by atoms with E-state index < -0.39 is 0 Å². The Hall–Kier alpha value is -3.74. The van der Waals surface area contributed by atoms with Gasteiger partial charge in [0.05, 0.1) is 6.04 Å². The van der Waals surface area contributed by atoms with E-state index in [1.807, 2.05) is 42.3 Å². The summed E-state index contributed by atoms with van der Waals surface area (Å²) in [7, 11) is 1.89. The molecule has 2 aromatic carbocycles. The molecule has 0 spiro atoms. The van der Waals surface area contributed by atoms with Gasteiger partial charge < -0.3 is 15.1 Å². The number of carbonyl (C=O) groups excluding carboxylic acids is 2. The fourth-order valence-corrected chi connectivity index (χ4v) is 5.16. The molecule has 35 heavy (non-hydrogen) atoms. The molecule has 6 nitrogen and oxygen atoms in total. The van der Waals surface area contributed by atoms with Gasteiger partial charge in [-0.25, -0.2) is 4.39 Å². The van der Waals surface area contributed by atoms with Crippen molar-refractivity contribution in [1.29, 1.82) is 0 Å². The van der Waals surface area contributed by atoms with Crippen LogP contribution in [0.3, 0.4) is 0 Å². The molecule has 2 amide bonds. The third-order valence-corrected chi connectivity index (χ3v) is 7.24. The second-order valence-electron chi connectivity index (χ2n) is 9.32. The van der Waals surface area contributed by atoms with E-state index in [0.717, 1.165) is 49.9 Å². The lowest BCUT2D eigenvalue weighted by Gasteiger charge is -2.38. The van der Waals surface area contributed by atoms with E-state index in [2.05, 4.69) is 15.2 Å². The van der Waals surface area contributed by atoms with Gasteiger partial charge in [0.25, 0.3) is 11.8 Å². The number of anilines is 1. The van der Waals surface area contributed by atoms with Gasteiger partial charge in [-0.3, -0.25) is 14.6 Å². The summed E-state index contributed by atoms with van der Waals surface area (Å²) in [6.45, 7) is 1.79. The minimum absolute atomic E-state index is 0.00525. The molecule has 3 aromatic rings. The van der Waals surface area contributed by atoms with Crippen LogP contribution in [0.1, 0.15) is 57.1 Å². The summed E-state index contributed by atoms with van der Waals surface area (Å²) < 4.78 is 13.2. The maximum absolute atomic E-state index is 13.4. The average Bonchev–Trinajstić information content (AvgIpc) is 3.30. The van der Waals surface area contributed by atoms with Crippen LogP contribution in [0, 0.1) is 5.82 Å². The number of aryl methyl sites for hydroxylation is 1. The van der Waals surface area contributed by atoms with Crippen LogP contribution in [0.5, 0.6) is 0 Å². The number of benzene rings is 2. The van der Waals surface area contributed by atoms with Crippen molar-refractivity contribution in [2.24, 2.45) is 0 Å². The lowest BCUT2D eigenvalue weighted by Crippen LogP contribution is -2.45. The van der Waals surface area contributed by atoms with Crippen LogP contribution in [-0.4, -0.2) is 47.9 Å². The van der Waals surface area contributed by atoms with Crippen LogP contribution >= 0.6 is 0 Å². The minimum atomic E-state index is -0.372. The molecule has 0 radical (unpaired) electrons. The molecule has 1 saturated heterocycles. The van der Waals surface area contributed by atoms with E-state index in [-0.39, 0.29) is 29.7 Å². The second kappa shape index (κ2) is 9.86. The summed E-state index contributed by atoms with van der Waals surface area (Å²) in [5.41, 5.74) is 4.38. The van der Waals surface area contributed by atoms with Crippen LogP contribution in [0.2, 0.25) is 0 Å². The molecule has 0 saturated carbocycles. The Morgan fingerprint density at radius 3 is 2.37 bits per heavy atom. The monoisotopic (exact) mass is 472 g/mol. The van der Waals surface area contributed by atoms with Gasteiger partial charge in [-0.2, -0.15) is 0 Å². The minimum Gasteiger partial charge on any atom is -0.371 e. The molecule has 1 aliphatic carbocycles. The number of rotatable bonds is 5. The van der Waals surface area contributed by atoms with Gasteiger partial charge in [0, 0.05) is 55.4 Å². The molecule has 0 bridgehead atoms. The average molecular weight is 473 g/mol. The van der Waals surface area contributed by atoms with E-state index in [4.69, 9.17) is 0 Å². The zero-order valence-electron chi connectivity index (χ0n) is 19.8. The molecule has 2 heterocycles. The first-order valence-electron chi connectivity index (χ1n) is 12.1. The maximum Gasteiger partial charge on any atom is 0.253 e. The Balaban J connectivity index is 1.24. The number of amides is 2. The van der Waals surface area contributed by atoms with Gasteiger partial charge in [-0.1, -0.05) is 6.07 Å². The Bertz CT molecular complexity index is 1210. The highest BCUT2D eigenvalue weighted by molar-refractivity contribution is 5.95. The summed E-state index contributed by atoms with van der Waals surface area (Å²) in [4.78, 5) is 34.3. The number of nitrogens with one attached hydrogen (secondary N) is 1. The molecule has 1 aliphatic heterocycles. The van der Waals surface area contributed by atoms with Crippen molar-refractivity contribution >= 4 is 17.5 Å². The molecule has 0 unspecified atom stereocenters. The largest absolute Gasteiger partial charge is 0.371 e. The number of pyridine rings is 1. The first-order valence-corrected chi connectivity index (χ1v) is 12.1. The van der Waals surface area contributed by atoms with Crippen molar-refractivity contribution < 1.29 is 14.0 Å². The van der Waals surface area contributed by atoms with E-state index in [9.17, 15) is 14.0 Å². The highest BCUT2D eigenvalue weighted by atomic mass is 19.1. The highest BCUT2D eigenvalue weighted by Gasteiger charge is 2.29. The first-order chi connectivity index (χ1) is 17.0. The van der Waals surface area contributed by atoms with Crippen molar-refractivity contribution in [2.45, 2.75) is 37.8 Å². The third kappa shape index (κ3) is 4.90. The molecular weight excluding hydrogens is 443 g/mol. The Labute approximate surface area is 204 Å². The van der Waals surface area contributed by atoms with Crippen molar-refractivity contribution in [1.82, 2.24) is 15.2 Å². The standard InChI is InChI=1S/C28H29FN4O2/c1-32(23-12-16-33(17-13-23)24-10-14-30-15-11-24)28(35)21-3-2-19-6-9-26(25(19)18-21)31-27(34)20-4-7-22(29)8-5-20/h2-5,7-8,10-11,14-15,18,23,26H,6,9,12-13,16-17H2,1H3,(H,31,34)/t26-/m1/s1. The van der Waals surface area contributed by atoms with Crippen LogP contribution in [-0.2, 0) is 6.42 Å². The molecule has 1 aromatic heterocycles. The number of piperidine rings is 1. The Morgan fingerprint density at radius 1 is 0.971 bits per heavy atom. The number of aromatic nitrogens is 1. The SMILES string of the molecule is CN(C(=O)c1ccc2c(c1)[C@H](NC(=O)c1ccc(F)cc1)CC2)C1CCN(c2ccncc2)CC1. The van der Waals surface area contributed by atoms with E-state index >= 15 is 0 Å². The number of halogens is 1. The molecule has 7 heteroatoms. The second-order valence-corrected chi connectivity index (χ2v) is 9.32. The topological polar surface area (TPSA) is 65.5 Å². The predicted molar refractivity (Wildman–Crippen MR) is 133 cm³/mol. The van der Waals surface area contributed by atoms with Crippen molar-refractivity contribution in [3.8, 4) is 0 Å². The fourth-order valence-electron chi connectivity index (χ4n) is 5.16. The fraction of sp³-hybridized carbons (Fsp3) is 0.321. The van der Waals surface area contributed by atoms with Gasteiger partial charge in [-0.15, -0.1) is 0 Å². The molecule has 1 N–H and O–H groups in total. The number of nitrogens with zero attached hydrogens (tertiary/aromatic N) is 3. The van der Waals surface area contributed by atoms with E-state index in [0.29, 0.717) is 11.1 Å². The van der Waals surface area contributed by atoms with Gasteiger partial charge in [-0.05, 0) is 85.3 Å². The number of fused-ring (bicyclic) bond motifs is 1. The van der Waals surface area contributed by atoms with Crippen LogP contribution < -0.4 is 10.2 Å². The van der Waals surface area contributed by atoms with Gasteiger partial charge in [0.15, 0.2) is 0 Å². The zero-order valence-corrected chi connectivity index (χ0v) is 19.8. The number of hydrogen-bond acceptors (Lipinski definition) is 4. The van der Waals surface area contributed by atoms with Crippen molar-refractivity contribution in [3.05, 3.63) is 95.1 Å². The van der Waals surface area contributed by atoms with Crippen LogP contribution in [0.15, 0.2) is 67.0 Å². The number of hydrogen-bond donors (Lipinski definition) is 1. The molecule has 5 rings (SSSR count). The van der Waals surface area contributed by atoms with Gasteiger partial charge in [0.1, 0.15) is 5.82 Å². The van der Waals surface area contributed by atoms with Gasteiger partial charge >= 0.3 is 0 Å². The van der Waals surface area contributed by atoms with Crippen molar-refractivity contribution in [2.75, 3.05) is 25.0 Å². The summed E-state index contributed by atoms with van der Waals surface area (Å²) in [6, 6.07) is 15.4. The summed E-state index contributed by atoms with van der Waals surface area (Å²) in [6.07, 6.45) is 7.06. The van der Waals surface area contributed by atoms with E-state index in [1.165, 1.54) is 30.0 Å². The summed E-state index contributed by atoms with van der Waals surface area (Å²) in [5, 5.41) is 3.05.